The predicted molar refractivity (Wildman–Crippen MR) is 88.0 cm³/mol. The molecule has 3 unspecified atom stereocenters. The number of thioether (sulfide) groups is 1. The number of methoxy groups -OCH3 is 1. The van der Waals surface area contributed by atoms with E-state index < -0.39 is 0 Å². The number of ether oxygens (including phenoxy) is 2. The molecule has 0 radical (unpaired) electrons. The number of hydrogen-bond acceptors (Lipinski definition) is 4. The minimum atomic E-state index is 0.0335. The van der Waals surface area contributed by atoms with Crippen LogP contribution in [0.3, 0.4) is 0 Å². The van der Waals surface area contributed by atoms with E-state index in [0.29, 0.717) is 5.92 Å². The maximum atomic E-state index is 6.62. The molecule has 2 aliphatic heterocycles. The highest BCUT2D eigenvalue weighted by molar-refractivity contribution is 7.99. The van der Waals surface area contributed by atoms with Crippen molar-refractivity contribution in [2.75, 3.05) is 25.2 Å². The SMILES string of the molecule is COc1ccc(C)cc1C(N)C1CCOC2(CCSC2)C1. The van der Waals surface area contributed by atoms with Crippen LogP contribution in [0.2, 0.25) is 0 Å². The van der Waals surface area contributed by atoms with Crippen LogP contribution in [-0.4, -0.2) is 30.8 Å². The van der Waals surface area contributed by atoms with Crippen LogP contribution in [-0.2, 0) is 4.74 Å². The van der Waals surface area contributed by atoms with Crippen molar-refractivity contribution in [3.05, 3.63) is 29.3 Å². The van der Waals surface area contributed by atoms with Crippen molar-refractivity contribution >= 4 is 11.8 Å². The molecule has 3 nitrogen and oxygen atoms in total. The molecule has 1 aromatic carbocycles. The zero-order valence-corrected chi connectivity index (χ0v) is 13.7. The first kappa shape index (κ1) is 15.2. The van der Waals surface area contributed by atoms with E-state index in [4.69, 9.17) is 15.2 Å². The maximum absolute atomic E-state index is 6.62. The Morgan fingerprint density at radius 2 is 2.33 bits per heavy atom. The summed E-state index contributed by atoms with van der Waals surface area (Å²) >= 11 is 2.01. The normalized spacial score (nSPS) is 30.5. The highest BCUT2D eigenvalue weighted by Gasteiger charge is 2.42. The van der Waals surface area contributed by atoms with Crippen LogP contribution in [0.25, 0.3) is 0 Å². The van der Waals surface area contributed by atoms with Crippen molar-refractivity contribution in [1.29, 1.82) is 0 Å². The van der Waals surface area contributed by atoms with Gasteiger partial charge in [-0.3, -0.25) is 0 Å². The summed E-state index contributed by atoms with van der Waals surface area (Å²) in [5, 5.41) is 0. The topological polar surface area (TPSA) is 44.5 Å². The molecule has 116 valence electrons. The third-order valence-corrected chi connectivity index (χ3v) is 6.07. The number of hydrogen-bond donors (Lipinski definition) is 1. The second-order valence-electron chi connectivity index (χ2n) is 6.36. The average Bonchev–Trinajstić information content (AvgIpc) is 2.94. The van der Waals surface area contributed by atoms with E-state index in [-0.39, 0.29) is 11.6 Å². The Balaban J connectivity index is 1.81. The molecule has 2 heterocycles. The molecule has 0 aliphatic carbocycles. The van der Waals surface area contributed by atoms with Crippen molar-refractivity contribution in [1.82, 2.24) is 0 Å². The van der Waals surface area contributed by atoms with Crippen molar-refractivity contribution < 1.29 is 9.47 Å². The maximum Gasteiger partial charge on any atom is 0.123 e. The van der Waals surface area contributed by atoms with Crippen LogP contribution in [0.4, 0.5) is 0 Å². The molecule has 2 saturated heterocycles. The fourth-order valence-electron chi connectivity index (χ4n) is 3.60. The summed E-state index contributed by atoms with van der Waals surface area (Å²) in [5.41, 5.74) is 9.09. The van der Waals surface area contributed by atoms with Gasteiger partial charge in [0.2, 0.25) is 0 Å². The van der Waals surface area contributed by atoms with Gasteiger partial charge in [-0.1, -0.05) is 17.7 Å². The van der Waals surface area contributed by atoms with Crippen molar-refractivity contribution in [3.63, 3.8) is 0 Å². The van der Waals surface area contributed by atoms with Gasteiger partial charge in [-0.05, 0) is 43.9 Å². The lowest BCUT2D eigenvalue weighted by Gasteiger charge is -2.40. The molecule has 4 heteroatoms. The highest BCUT2D eigenvalue weighted by atomic mass is 32.2. The first-order valence-electron chi connectivity index (χ1n) is 7.75. The summed E-state index contributed by atoms with van der Waals surface area (Å²) < 4.78 is 11.6. The van der Waals surface area contributed by atoms with E-state index in [0.717, 1.165) is 36.5 Å². The van der Waals surface area contributed by atoms with E-state index in [1.54, 1.807) is 7.11 Å². The minimum absolute atomic E-state index is 0.0335. The number of benzene rings is 1. The van der Waals surface area contributed by atoms with Gasteiger partial charge in [-0.2, -0.15) is 11.8 Å². The third kappa shape index (κ3) is 3.08. The van der Waals surface area contributed by atoms with E-state index in [9.17, 15) is 0 Å². The lowest BCUT2D eigenvalue weighted by molar-refractivity contribution is -0.0835. The van der Waals surface area contributed by atoms with Gasteiger partial charge in [-0.15, -0.1) is 0 Å². The van der Waals surface area contributed by atoms with Crippen molar-refractivity contribution in [2.45, 2.75) is 37.8 Å². The molecule has 0 saturated carbocycles. The quantitative estimate of drug-likeness (QED) is 0.930. The molecule has 3 rings (SSSR count). The van der Waals surface area contributed by atoms with Crippen LogP contribution >= 0.6 is 11.8 Å². The van der Waals surface area contributed by atoms with Crippen molar-refractivity contribution in [2.24, 2.45) is 11.7 Å². The van der Waals surface area contributed by atoms with Gasteiger partial charge >= 0.3 is 0 Å². The molecule has 0 bridgehead atoms. The first-order chi connectivity index (χ1) is 10.1. The average molecular weight is 307 g/mol. The zero-order chi connectivity index (χ0) is 14.9. The summed E-state index contributed by atoms with van der Waals surface area (Å²) in [5.74, 6) is 3.74. The molecule has 2 N–H and O–H groups in total. The van der Waals surface area contributed by atoms with Gasteiger partial charge in [0.15, 0.2) is 0 Å². The summed E-state index contributed by atoms with van der Waals surface area (Å²) in [7, 11) is 1.72. The summed E-state index contributed by atoms with van der Waals surface area (Å²) in [6.07, 6.45) is 3.30. The molecule has 3 atom stereocenters. The molecule has 21 heavy (non-hydrogen) atoms. The predicted octanol–water partition coefficient (Wildman–Crippen LogP) is 3.31. The molecule has 0 aromatic heterocycles. The Labute approximate surface area is 131 Å². The standard InChI is InChI=1S/C17H25NO2S/c1-12-3-4-15(19-2)14(9-12)16(18)13-5-7-20-17(10-13)6-8-21-11-17/h3-4,9,13,16H,5-8,10-11,18H2,1-2H3. The molecule has 2 aliphatic rings. The highest BCUT2D eigenvalue weighted by Crippen LogP contribution is 2.44. The number of nitrogens with two attached hydrogens (primary N) is 1. The van der Waals surface area contributed by atoms with E-state index in [2.05, 4.69) is 19.1 Å². The Kier molecular flexibility index (Phi) is 4.48. The van der Waals surface area contributed by atoms with Gasteiger partial charge in [0.05, 0.1) is 12.7 Å². The Bertz CT molecular complexity index is 500. The number of aryl methyl sites for hydroxylation is 1. The van der Waals surface area contributed by atoms with Crippen LogP contribution in [0.1, 0.15) is 36.4 Å². The van der Waals surface area contributed by atoms with E-state index >= 15 is 0 Å². The molecule has 1 spiro atoms. The van der Waals surface area contributed by atoms with Gasteiger partial charge in [0.1, 0.15) is 5.75 Å². The van der Waals surface area contributed by atoms with Crippen LogP contribution in [0.15, 0.2) is 18.2 Å². The molecule has 0 amide bonds. The van der Waals surface area contributed by atoms with Crippen LogP contribution < -0.4 is 10.5 Å². The van der Waals surface area contributed by atoms with Crippen LogP contribution in [0, 0.1) is 12.8 Å². The zero-order valence-electron chi connectivity index (χ0n) is 12.9. The second kappa shape index (κ2) is 6.19. The van der Waals surface area contributed by atoms with Gasteiger partial charge in [-0.25, -0.2) is 0 Å². The fourth-order valence-corrected chi connectivity index (χ4v) is 4.98. The number of rotatable bonds is 3. The Hall–Kier alpha value is -0.710. The lowest BCUT2D eigenvalue weighted by Crippen LogP contribution is -2.42. The Morgan fingerprint density at radius 3 is 3.05 bits per heavy atom. The molecular weight excluding hydrogens is 282 g/mol. The van der Waals surface area contributed by atoms with Gasteiger partial charge in [0.25, 0.3) is 0 Å². The largest absolute Gasteiger partial charge is 0.496 e. The first-order valence-corrected chi connectivity index (χ1v) is 8.91. The molecule has 1 aromatic rings. The second-order valence-corrected chi connectivity index (χ2v) is 7.46. The molecular formula is C17H25NO2S. The lowest BCUT2D eigenvalue weighted by atomic mass is 9.79. The smallest absolute Gasteiger partial charge is 0.123 e. The van der Waals surface area contributed by atoms with Gasteiger partial charge in [0, 0.05) is 24.0 Å². The monoisotopic (exact) mass is 307 g/mol. The summed E-state index contributed by atoms with van der Waals surface area (Å²) in [6, 6.07) is 6.32. The van der Waals surface area contributed by atoms with Gasteiger partial charge < -0.3 is 15.2 Å². The minimum Gasteiger partial charge on any atom is -0.496 e. The van der Waals surface area contributed by atoms with E-state index in [1.807, 2.05) is 17.8 Å². The third-order valence-electron chi connectivity index (χ3n) is 4.85. The fraction of sp³-hybridized carbons (Fsp3) is 0.647. The summed E-state index contributed by atoms with van der Waals surface area (Å²) in [4.78, 5) is 0. The van der Waals surface area contributed by atoms with Crippen molar-refractivity contribution in [3.8, 4) is 5.75 Å². The summed E-state index contributed by atoms with van der Waals surface area (Å²) in [6.45, 7) is 2.95. The molecule has 2 fully saturated rings. The Morgan fingerprint density at radius 1 is 1.48 bits per heavy atom. The van der Waals surface area contributed by atoms with Crippen LogP contribution in [0.5, 0.6) is 5.75 Å². The van der Waals surface area contributed by atoms with E-state index in [1.165, 1.54) is 17.7 Å².